The summed E-state index contributed by atoms with van der Waals surface area (Å²) in [6, 6.07) is 7.53. The minimum atomic E-state index is -1.51. The molecular formula is C22H30N2O10. The number of aliphatic hydroxyl groups excluding tert-OH is 1. The standard InChI is InChI=1S/C22H30N2O10/c1-13(17(19(27)31-2)20(28)32-3)18(21(29)33-4)24-16(26)10-15(25)11-23-22(30)34-12-14-8-6-5-7-9-14/h5-9,13,15,17-18,25H,10-12H2,1-4H3,(H,23,30)(H,24,26)/t13-,15-,18+/m0/s1. The van der Waals surface area contributed by atoms with Gasteiger partial charge in [-0.25, -0.2) is 9.59 Å². The maximum absolute atomic E-state index is 12.4. The SMILES string of the molecule is COC(=O)C(C(=O)OC)[C@H](C)[C@@H](NC(=O)C[C@H](O)CNC(=O)OCc1ccccc1)C(=O)OC. The second kappa shape index (κ2) is 14.5. The molecule has 0 aliphatic heterocycles. The van der Waals surface area contributed by atoms with Gasteiger partial charge in [-0.2, -0.15) is 0 Å². The summed E-state index contributed by atoms with van der Waals surface area (Å²) >= 11 is 0. The molecule has 12 heteroatoms. The largest absolute Gasteiger partial charge is 0.468 e. The lowest BCUT2D eigenvalue weighted by Crippen LogP contribution is -2.51. The minimum Gasteiger partial charge on any atom is -0.468 e. The highest BCUT2D eigenvalue weighted by Crippen LogP contribution is 2.20. The molecule has 0 saturated heterocycles. The van der Waals surface area contributed by atoms with E-state index in [-0.39, 0.29) is 13.2 Å². The van der Waals surface area contributed by atoms with Crippen LogP contribution in [0.5, 0.6) is 0 Å². The third kappa shape index (κ3) is 9.06. The van der Waals surface area contributed by atoms with E-state index in [0.717, 1.165) is 26.9 Å². The maximum Gasteiger partial charge on any atom is 0.407 e. The Kier molecular flexibility index (Phi) is 12.1. The summed E-state index contributed by atoms with van der Waals surface area (Å²) < 4.78 is 18.9. The average Bonchev–Trinajstić information content (AvgIpc) is 2.84. The van der Waals surface area contributed by atoms with Crippen molar-refractivity contribution in [3.05, 3.63) is 35.9 Å². The number of alkyl carbamates (subject to hydrolysis) is 1. The van der Waals surface area contributed by atoms with Gasteiger partial charge in [0.1, 0.15) is 12.6 Å². The molecule has 0 aliphatic carbocycles. The van der Waals surface area contributed by atoms with Gasteiger partial charge in [0, 0.05) is 12.5 Å². The van der Waals surface area contributed by atoms with Crippen molar-refractivity contribution in [3.8, 4) is 0 Å². The first-order chi connectivity index (χ1) is 16.1. The molecule has 188 valence electrons. The summed E-state index contributed by atoms with van der Waals surface area (Å²) in [5.74, 6) is -6.23. The van der Waals surface area contributed by atoms with Gasteiger partial charge in [-0.15, -0.1) is 0 Å². The number of esters is 3. The average molecular weight is 482 g/mol. The zero-order chi connectivity index (χ0) is 25.7. The fourth-order valence-electron chi connectivity index (χ4n) is 3.00. The minimum absolute atomic E-state index is 0.0313. The van der Waals surface area contributed by atoms with Crippen LogP contribution in [-0.2, 0) is 44.7 Å². The van der Waals surface area contributed by atoms with Gasteiger partial charge in [0.15, 0.2) is 5.92 Å². The lowest BCUT2D eigenvalue weighted by atomic mass is 9.87. The van der Waals surface area contributed by atoms with Crippen molar-refractivity contribution in [2.75, 3.05) is 27.9 Å². The number of amides is 2. The number of benzene rings is 1. The van der Waals surface area contributed by atoms with Gasteiger partial charge in [0.05, 0.1) is 33.9 Å². The van der Waals surface area contributed by atoms with Gasteiger partial charge < -0.3 is 34.7 Å². The van der Waals surface area contributed by atoms with Crippen LogP contribution in [0.15, 0.2) is 30.3 Å². The van der Waals surface area contributed by atoms with E-state index >= 15 is 0 Å². The molecule has 12 nitrogen and oxygen atoms in total. The lowest BCUT2D eigenvalue weighted by molar-refractivity contribution is -0.163. The fourth-order valence-corrected chi connectivity index (χ4v) is 3.00. The molecule has 0 spiro atoms. The Labute approximate surface area is 196 Å². The molecule has 0 fully saturated rings. The number of nitrogens with one attached hydrogen (secondary N) is 2. The van der Waals surface area contributed by atoms with Crippen LogP contribution in [0.2, 0.25) is 0 Å². The molecule has 0 aromatic heterocycles. The van der Waals surface area contributed by atoms with E-state index in [1.54, 1.807) is 24.3 Å². The highest BCUT2D eigenvalue weighted by atomic mass is 16.6. The first-order valence-corrected chi connectivity index (χ1v) is 10.3. The summed E-state index contributed by atoms with van der Waals surface area (Å²) in [6.45, 7) is 1.09. The smallest absolute Gasteiger partial charge is 0.407 e. The van der Waals surface area contributed by atoms with Gasteiger partial charge in [-0.05, 0) is 5.56 Å². The highest BCUT2D eigenvalue weighted by molar-refractivity contribution is 5.96. The first kappa shape index (κ1) is 28.4. The van der Waals surface area contributed by atoms with Crippen molar-refractivity contribution < 1.29 is 48.0 Å². The predicted octanol–water partition coefficient (Wildman–Crippen LogP) is -0.0801. The zero-order valence-electron chi connectivity index (χ0n) is 19.4. The number of ether oxygens (including phenoxy) is 4. The van der Waals surface area contributed by atoms with Gasteiger partial charge in [0.25, 0.3) is 0 Å². The molecule has 1 rings (SSSR count). The molecule has 34 heavy (non-hydrogen) atoms. The topological polar surface area (TPSA) is 167 Å². The highest BCUT2D eigenvalue weighted by Gasteiger charge is 2.42. The van der Waals surface area contributed by atoms with Crippen molar-refractivity contribution in [1.29, 1.82) is 0 Å². The van der Waals surface area contributed by atoms with Crippen molar-refractivity contribution in [3.63, 3.8) is 0 Å². The number of hydrogen-bond acceptors (Lipinski definition) is 10. The Morgan fingerprint density at radius 1 is 0.912 bits per heavy atom. The Morgan fingerprint density at radius 2 is 1.47 bits per heavy atom. The van der Waals surface area contributed by atoms with Gasteiger partial charge >= 0.3 is 24.0 Å². The number of rotatable bonds is 12. The summed E-state index contributed by atoms with van der Waals surface area (Å²) in [6.07, 6.45) is -2.60. The van der Waals surface area contributed by atoms with Crippen molar-refractivity contribution in [1.82, 2.24) is 10.6 Å². The lowest BCUT2D eigenvalue weighted by Gasteiger charge is -2.27. The second-order valence-electron chi connectivity index (χ2n) is 7.25. The number of methoxy groups -OCH3 is 3. The van der Waals surface area contributed by atoms with Crippen LogP contribution in [0.4, 0.5) is 4.79 Å². The van der Waals surface area contributed by atoms with Crippen LogP contribution in [0.25, 0.3) is 0 Å². The third-order valence-electron chi connectivity index (χ3n) is 4.85. The molecule has 0 unspecified atom stereocenters. The molecule has 3 N–H and O–H groups in total. The van der Waals surface area contributed by atoms with E-state index in [1.165, 1.54) is 6.92 Å². The van der Waals surface area contributed by atoms with Crippen molar-refractivity contribution in [2.45, 2.75) is 32.1 Å². The van der Waals surface area contributed by atoms with Crippen LogP contribution in [0, 0.1) is 11.8 Å². The molecule has 0 saturated carbocycles. The molecule has 2 amide bonds. The van der Waals surface area contributed by atoms with Crippen LogP contribution in [0.3, 0.4) is 0 Å². The van der Waals surface area contributed by atoms with Crippen LogP contribution >= 0.6 is 0 Å². The number of aliphatic hydroxyl groups is 1. The summed E-state index contributed by atoms with van der Waals surface area (Å²) in [5.41, 5.74) is 0.776. The van der Waals surface area contributed by atoms with Crippen LogP contribution in [0.1, 0.15) is 18.9 Å². The first-order valence-electron chi connectivity index (χ1n) is 10.3. The Morgan fingerprint density at radius 3 is 2.00 bits per heavy atom. The van der Waals surface area contributed by atoms with Crippen molar-refractivity contribution >= 4 is 29.9 Å². The van der Waals surface area contributed by atoms with E-state index in [4.69, 9.17) is 4.74 Å². The monoisotopic (exact) mass is 482 g/mol. The fraction of sp³-hybridized carbons (Fsp3) is 0.500. The molecule has 0 heterocycles. The van der Waals surface area contributed by atoms with Crippen LogP contribution in [-0.4, -0.2) is 75.0 Å². The summed E-state index contributed by atoms with van der Waals surface area (Å²) in [4.78, 5) is 60.5. The normalized spacial score (nSPS) is 13.1. The second-order valence-corrected chi connectivity index (χ2v) is 7.25. The summed E-state index contributed by atoms with van der Waals surface area (Å²) in [5, 5.41) is 14.7. The van der Waals surface area contributed by atoms with Gasteiger partial charge in [-0.3, -0.25) is 14.4 Å². The Balaban J connectivity index is 2.66. The molecule has 0 radical (unpaired) electrons. The number of carbonyl (C=O) groups is 5. The quantitative estimate of drug-likeness (QED) is 0.208. The molecule has 0 aliphatic rings. The molecule has 3 atom stereocenters. The molecule has 1 aromatic rings. The molecule has 1 aromatic carbocycles. The number of hydrogen-bond donors (Lipinski definition) is 3. The van der Waals surface area contributed by atoms with Crippen molar-refractivity contribution in [2.24, 2.45) is 11.8 Å². The predicted molar refractivity (Wildman–Crippen MR) is 116 cm³/mol. The molecular weight excluding hydrogens is 452 g/mol. The van der Waals surface area contributed by atoms with Crippen LogP contribution < -0.4 is 10.6 Å². The van der Waals surface area contributed by atoms with E-state index in [9.17, 15) is 29.1 Å². The Bertz CT molecular complexity index is 829. The maximum atomic E-state index is 12.4. The zero-order valence-corrected chi connectivity index (χ0v) is 19.4. The number of carbonyl (C=O) groups excluding carboxylic acids is 5. The van der Waals surface area contributed by atoms with Gasteiger partial charge in [-0.1, -0.05) is 37.3 Å². The summed E-state index contributed by atoms with van der Waals surface area (Å²) in [7, 11) is 3.19. The van der Waals surface area contributed by atoms with E-state index in [1.807, 2.05) is 6.07 Å². The third-order valence-corrected chi connectivity index (χ3v) is 4.85. The Hall–Kier alpha value is -3.67. The molecule has 0 bridgehead atoms. The van der Waals surface area contributed by atoms with E-state index < -0.39 is 60.3 Å². The van der Waals surface area contributed by atoms with E-state index in [2.05, 4.69) is 24.8 Å². The van der Waals surface area contributed by atoms with E-state index in [0.29, 0.717) is 0 Å². The van der Waals surface area contributed by atoms with Gasteiger partial charge in [0.2, 0.25) is 5.91 Å².